The SMILES string of the molecule is CCC1Oc2ccc(CBr)c(F)c2NC1=O. The number of benzene rings is 1. The Labute approximate surface area is 101 Å². The first-order valence-corrected chi connectivity index (χ1v) is 6.14. The predicted octanol–water partition coefficient (Wildman–Crippen LogP) is 2.83. The molecule has 2 rings (SSSR count). The highest BCUT2D eigenvalue weighted by Crippen LogP contribution is 2.34. The van der Waals surface area contributed by atoms with E-state index >= 15 is 0 Å². The molecule has 1 heterocycles. The number of hydrogen-bond acceptors (Lipinski definition) is 2. The Morgan fingerprint density at radius 3 is 2.94 bits per heavy atom. The minimum absolute atomic E-state index is 0.145. The van der Waals surface area contributed by atoms with Crippen LogP contribution in [0.3, 0.4) is 0 Å². The Bertz CT molecular complexity index is 436. The van der Waals surface area contributed by atoms with E-state index in [9.17, 15) is 9.18 Å². The van der Waals surface area contributed by atoms with E-state index in [0.717, 1.165) is 0 Å². The van der Waals surface area contributed by atoms with Crippen LogP contribution in [-0.2, 0) is 10.1 Å². The number of fused-ring (bicyclic) bond motifs is 1. The fraction of sp³-hybridized carbons (Fsp3) is 0.364. The molecule has 1 amide bonds. The first-order chi connectivity index (χ1) is 7.67. The summed E-state index contributed by atoms with van der Waals surface area (Å²) in [4.78, 5) is 11.5. The van der Waals surface area contributed by atoms with Gasteiger partial charge in [0.15, 0.2) is 11.9 Å². The van der Waals surface area contributed by atoms with Crippen molar-refractivity contribution in [3.05, 3.63) is 23.5 Å². The molecule has 1 aliphatic rings. The van der Waals surface area contributed by atoms with Crippen molar-refractivity contribution in [3.63, 3.8) is 0 Å². The van der Waals surface area contributed by atoms with Gasteiger partial charge >= 0.3 is 0 Å². The summed E-state index contributed by atoms with van der Waals surface area (Å²) in [5, 5.41) is 2.95. The smallest absolute Gasteiger partial charge is 0.265 e. The highest BCUT2D eigenvalue weighted by molar-refractivity contribution is 9.08. The van der Waals surface area contributed by atoms with Gasteiger partial charge in [-0.15, -0.1) is 0 Å². The van der Waals surface area contributed by atoms with E-state index in [-0.39, 0.29) is 11.6 Å². The van der Waals surface area contributed by atoms with Crippen LogP contribution in [0.15, 0.2) is 12.1 Å². The van der Waals surface area contributed by atoms with Gasteiger partial charge in [0.2, 0.25) is 0 Å². The van der Waals surface area contributed by atoms with Gasteiger partial charge in [-0.2, -0.15) is 0 Å². The van der Waals surface area contributed by atoms with Crippen LogP contribution in [0.5, 0.6) is 5.75 Å². The second-order valence-electron chi connectivity index (χ2n) is 3.55. The van der Waals surface area contributed by atoms with Crippen molar-refractivity contribution in [2.45, 2.75) is 24.8 Å². The van der Waals surface area contributed by atoms with Crippen molar-refractivity contribution >= 4 is 27.5 Å². The van der Waals surface area contributed by atoms with Gasteiger partial charge in [0.05, 0.1) is 0 Å². The normalized spacial score (nSPS) is 18.7. The van der Waals surface area contributed by atoms with E-state index in [2.05, 4.69) is 21.2 Å². The maximum absolute atomic E-state index is 13.8. The number of ether oxygens (including phenoxy) is 1. The lowest BCUT2D eigenvalue weighted by atomic mass is 10.1. The number of halogens is 2. The molecule has 1 N–H and O–H groups in total. The molecule has 0 aliphatic carbocycles. The van der Waals surface area contributed by atoms with Crippen molar-refractivity contribution in [2.75, 3.05) is 5.32 Å². The Hall–Kier alpha value is -1.10. The molecule has 3 nitrogen and oxygen atoms in total. The average Bonchev–Trinajstić information content (AvgIpc) is 2.30. The minimum Gasteiger partial charge on any atom is -0.478 e. The van der Waals surface area contributed by atoms with Gasteiger partial charge in [-0.25, -0.2) is 4.39 Å². The molecule has 0 saturated heterocycles. The first-order valence-electron chi connectivity index (χ1n) is 5.02. The molecular weight excluding hydrogens is 277 g/mol. The zero-order chi connectivity index (χ0) is 11.7. The zero-order valence-corrected chi connectivity index (χ0v) is 10.3. The highest BCUT2D eigenvalue weighted by atomic mass is 79.9. The average molecular weight is 288 g/mol. The van der Waals surface area contributed by atoms with E-state index in [4.69, 9.17) is 4.74 Å². The third-order valence-electron chi connectivity index (χ3n) is 2.51. The summed E-state index contributed by atoms with van der Waals surface area (Å²) in [6.45, 7) is 1.85. The molecule has 86 valence electrons. The lowest BCUT2D eigenvalue weighted by molar-refractivity contribution is -0.123. The molecule has 16 heavy (non-hydrogen) atoms. The predicted molar refractivity (Wildman–Crippen MR) is 62.4 cm³/mol. The van der Waals surface area contributed by atoms with Crippen LogP contribution in [0, 0.1) is 5.82 Å². The van der Waals surface area contributed by atoms with E-state index in [1.54, 1.807) is 12.1 Å². The second-order valence-corrected chi connectivity index (χ2v) is 4.11. The van der Waals surface area contributed by atoms with Crippen LogP contribution < -0.4 is 10.1 Å². The molecule has 0 spiro atoms. The summed E-state index contributed by atoms with van der Waals surface area (Å²) in [5.74, 6) is -0.327. The number of alkyl halides is 1. The molecule has 0 fully saturated rings. The maximum atomic E-state index is 13.8. The Kier molecular flexibility index (Phi) is 3.14. The second kappa shape index (κ2) is 4.41. The molecule has 0 aromatic heterocycles. The van der Waals surface area contributed by atoms with Gasteiger partial charge in [-0.3, -0.25) is 4.79 Å². The molecule has 1 aliphatic heterocycles. The highest BCUT2D eigenvalue weighted by Gasteiger charge is 2.28. The monoisotopic (exact) mass is 287 g/mol. The number of carbonyl (C=O) groups is 1. The van der Waals surface area contributed by atoms with Crippen molar-refractivity contribution in [1.82, 2.24) is 0 Å². The molecule has 1 aromatic rings. The quantitative estimate of drug-likeness (QED) is 0.850. The topological polar surface area (TPSA) is 38.3 Å². The number of anilines is 1. The molecule has 1 unspecified atom stereocenters. The van der Waals surface area contributed by atoms with Gasteiger partial charge in [-0.1, -0.05) is 28.9 Å². The molecule has 5 heteroatoms. The summed E-state index contributed by atoms with van der Waals surface area (Å²) in [6.07, 6.45) is 0.0364. The lowest BCUT2D eigenvalue weighted by Crippen LogP contribution is -2.36. The number of hydrogen-bond donors (Lipinski definition) is 1. The van der Waals surface area contributed by atoms with Crippen molar-refractivity contribution < 1.29 is 13.9 Å². The summed E-state index contributed by atoms with van der Waals surface area (Å²) >= 11 is 3.18. The molecule has 0 saturated carbocycles. The van der Waals surface area contributed by atoms with Gasteiger partial charge in [-0.05, 0) is 12.5 Å². The summed E-state index contributed by atoms with van der Waals surface area (Å²) in [6, 6.07) is 3.32. The van der Waals surface area contributed by atoms with Crippen LogP contribution in [-0.4, -0.2) is 12.0 Å². The molecule has 1 atom stereocenters. The third kappa shape index (κ3) is 1.80. The fourth-order valence-electron chi connectivity index (χ4n) is 1.60. The van der Waals surface area contributed by atoms with Crippen LogP contribution >= 0.6 is 15.9 Å². The minimum atomic E-state index is -0.526. The van der Waals surface area contributed by atoms with Crippen LogP contribution in [0.1, 0.15) is 18.9 Å². The van der Waals surface area contributed by atoms with E-state index < -0.39 is 11.9 Å². The van der Waals surface area contributed by atoms with E-state index in [0.29, 0.717) is 23.1 Å². The zero-order valence-electron chi connectivity index (χ0n) is 8.72. The Balaban J connectivity index is 2.43. The van der Waals surface area contributed by atoms with E-state index in [1.807, 2.05) is 6.92 Å². The Morgan fingerprint density at radius 1 is 1.56 bits per heavy atom. The first kappa shape index (κ1) is 11.4. The van der Waals surface area contributed by atoms with Crippen molar-refractivity contribution in [1.29, 1.82) is 0 Å². The van der Waals surface area contributed by atoms with Crippen LogP contribution in [0.25, 0.3) is 0 Å². The van der Waals surface area contributed by atoms with Gasteiger partial charge in [0, 0.05) is 10.9 Å². The summed E-state index contributed by atoms with van der Waals surface area (Å²) in [5.41, 5.74) is 0.643. The van der Waals surface area contributed by atoms with Crippen LogP contribution in [0.2, 0.25) is 0 Å². The molecule has 0 bridgehead atoms. The Morgan fingerprint density at radius 2 is 2.31 bits per heavy atom. The van der Waals surface area contributed by atoms with Gasteiger partial charge < -0.3 is 10.1 Å². The largest absolute Gasteiger partial charge is 0.478 e. The summed E-state index contributed by atoms with van der Waals surface area (Å²) < 4.78 is 19.2. The molecule has 1 aromatic carbocycles. The van der Waals surface area contributed by atoms with Gasteiger partial charge in [0.25, 0.3) is 5.91 Å². The standard InChI is InChI=1S/C11H11BrFNO2/c1-2-7-11(15)14-10-8(16-7)4-3-6(5-12)9(10)13/h3-4,7H,2,5H2,1H3,(H,14,15). The maximum Gasteiger partial charge on any atom is 0.265 e. The number of amides is 1. The van der Waals surface area contributed by atoms with Crippen LogP contribution in [0.4, 0.5) is 10.1 Å². The molecule has 0 radical (unpaired) electrons. The fourth-order valence-corrected chi connectivity index (χ4v) is 2.03. The number of carbonyl (C=O) groups excluding carboxylic acids is 1. The molecular formula is C11H11BrFNO2. The third-order valence-corrected chi connectivity index (χ3v) is 3.11. The van der Waals surface area contributed by atoms with Crippen molar-refractivity contribution in [2.24, 2.45) is 0 Å². The summed E-state index contributed by atoms with van der Waals surface area (Å²) in [7, 11) is 0. The number of nitrogens with one attached hydrogen (secondary N) is 1. The van der Waals surface area contributed by atoms with E-state index in [1.165, 1.54) is 0 Å². The lowest BCUT2D eigenvalue weighted by Gasteiger charge is -2.25. The van der Waals surface area contributed by atoms with Crippen molar-refractivity contribution in [3.8, 4) is 5.75 Å². The number of rotatable bonds is 2. The van der Waals surface area contributed by atoms with Gasteiger partial charge in [0.1, 0.15) is 11.4 Å².